The molecule has 0 amide bonds. The Balaban J connectivity index is 0.0000000953. The number of pyridine rings is 9. The van der Waals surface area contributed by atoms with Gasteiger partial charge >= 0.3 is 0 Å². The molecule has 25 aromatic rings. The Labute approximate surface area is 678 Å². The van der Waals surface area contributed by atoms with Gasteiger partial charge in [-0.1, -0.05) is 237 Å². The summed E-state index contributed by atoms with van der Waals surface area (Å²) in [5.41, 5.74) is 20.3. The lowest BCUT2D eigenvalue weighted by Gasteiger charge is -2.19. The molecular formula is C109H67N9. The molecule has 0 radical (unpaired) electrons. The van der Waals surface area contributed by atoms with Crippen LogP contribution in [0.15, 0.2) is 408 Å². The largest absolute Gasteiger partial charge is 0.264 e. The van der Waals surface area contributed by atoms with Gasteiger partial charge in [0.1, 0.15) is 0 Å². The molecule has 0 unspecified atom stereocenters. The van der Waals surface area contributed by atoms with E-state index in [2.05, 4.69) is 288 Å². The summed E-state index contributed by atoms with van der Waals surface area (Å²) < 4.78 is 0. The first-order valence-electron chi connectivity index (χ1n) is 39.6. The number of hydrogen-bond donors (Lipinski definition) is 0. The number of hydrogen-bond acceptors (Lipinski definition) is 9. The standard InChI is InChI=1S/C31H19N3.3C26H16N2/c1-2-16-34-29(7-1)23-10-8-20-9-11-25-27(21-5-3-14-32-18-21)17-28(22-6-4-15-33-19-22)26-13-12-24(23)30(20)31(25)26;1-3-19(15-27-13-1)21-9-5-17-8-12-24-22(20-4-2-14-28-16-20)10-6-18-7-11-23(21)25(17)26(18)24;1-3-15-27-23(5-1)19-11-7-17-10-14-22-20(24-6-2-4-16-28-24)12-8-18-9-13-21(19)25(17)26(18)22;1-2-15-28-24(5-1)21-11-7-18-8-12-22-20(19-4-3-14-27-16-19)10-6-17-9-13-23(21)26(18)25(17)22/h1-19H;3*1-16H. The van der Waals surface area contributed by atoms with Crippen molar-refractivity contribution in [2.75, 3.05) is 0 Å². The zero-order valence-corrected chi connectivity index (χ0v) is 63.7. The molecular weight excluding hydrogens is 1440 g/mol. The fourth-order valence-electron chi connectivity index (χ4n) is 18.1. The van der Waals surface area contributed by atoms with Crippen LogP contribution in [0.25, 0.3) is 230 Å². The molecule has 548 valence electrons. The second-order valence-electron chi connectivity index (χ2n) is 29.8. The summed E-state index contributed by atoms with van der Waals surface area (Å²) in [6, 6.07) is 114. The second kappa shape index (κ2) is 29.2. The summed E-state index contributed by atoms with van der Waals surface area (Å²) in [5.74, 6) is 0. The van der Waals surface area contributed by atoms with Crippen LogP contribution < -0.4 is 0 Å². The van der Waals surface area contributed by atoms with Gasteiger partial charge < -0.3 is 0 Å². The average Bonchev–Trinajstić information content (AvgIpc) is 0.700. The Kier molecular flexibility index (Phi) is 17.0. The van der Waals surface area contributed by atoms with Crippen LogP contribution >= 0.6 is 0 Å². The first-order valence-corrected chi connectivity index (χ1v) is 39.6. The highest BCUT2D eigenvalue weighted by Crippen LogP contribution is 2.49. The SMILES string of the molecule is c1ccc(-c2ccc3ccc4c(-c5ccccn5)ccc5ccc2c3c54)nc1.c1ccc(-c2ccc3ccc4c(-c5cccnc5)cc(-c5cccnc5)c5ccc2c3c45)nc1.c1ccc(-c2ccc3ccc4c(-c5cccnc5)ccc5ccc2c3c54)nc1.c1cncc(-c2ccc3ccc4c(-c5cccnc5)ccc5ccc2c3c54)c1. The number of rotatable bonds is 9. The van der Waals surface area contributed by atoms with Crippen LogP contribution in [0.4, 0.5) is 0 Å². The first kappa shape index (κ1) is 68.8. The highest BCUT2D eigenvalue weighted by molar-refractivity contribution is 6.32. The van der Waals surface area contributed by atoms with E-state index in [1.807, 2.05) is 166 Å². The first-order chi connectivity index (χ1) is 58.6. The quantitative estimate of drug-likeness (QED) is 0.130. The molecule has 0 aliphatic rings. The summed E-state index contributed by atoms with van der Waals surface area (Å²) in [7, 11) is 0. The molecule has 0 aliphatic carbocycles. The van der Waals surface area contributed by atoms with Crippen LogP contribution in [-0.4, -0.2) is 44.9 Å². The Hall–Kier alpha value is -16.0. The van der Waals surface area contributed by atoms with Crippen molar-refractivity contribution in [1.29, 1.82) is 0 Å². The highest BCUT2D eigenvalue weighted by Gasteiger charge is 2.23. The van der Waals surface area contributed by atoms with Crippen LogP contribution in [0.2, 0.25) is 0 Å². The molecule has 9 nitrogen and oxygen atoms in total. The minimum atomic E-state index is 0.986. The molecule has 0 fully saturated rings. The van der Waals surface area contributed by atoms with Gasteiger partial charge in [0.2, 0.25) is 0 Å². The molecule has 0 atom stereocenters. The molecule has 0 N–H and O–H groups in total. The fourth-order valence-corrected chi connectivity index (χ4v) is 18.1. The maximum Gasteiger partial charge on any atom is 0.0708 e. The smallest absolute Gasteiger partial charge is 0.0708 e. The zero-order valence-electron chi connectivity index (χ0n) is 63.7. The van der Waals surface area contributed by atoms with E-state index in [1.54, 1.807) is 0 Å². The third-order valence-electron chi connectivity index (χ3n) is 23.4. The molecule has 0 spiro atoms. The minimum Gasteiger partial charge on any atom is -0.264 e. The summed E-state index contributed by atoms with van der Waals surface area (Å²) in [6.45, 7) is 0. The van der Waals surface area contributed by atoms with E-state index in [4.69, 9.17) is 0 Å². The van der Waals surface area contributed by atoms with Crippen molar-refractivity contribution >= 4 is 129 Å². The van der Waals surface area contributed by atoms with Gasteiger partial charge in [-0.25, -0.2) is 0 Å². The van der Waals surface area contributed by atoms with Gasteiger partial charge in [-0.15, -0.1) is 0 Å². The van der Waals surface area contributed by atoms with E-state index >= 15 is 0 Å². The summed E-state index contributed by atoms with van der Waals surface area (Å²) in [5, 5.41) is 30.4. The summed E-state index contributed by atoms with van der Waals surface area (Å²) in [4.78, 5) is 40.2. The van der Waals surface area contributed by atoms with Crippen molar-refractivity contribution in [3.8, 4) is 101 Å². The third-order valence-corrected chi connectivity index (χ3v) is 23.4. The summed E-state index contributed by atoms with van der Waals surface area (Å²) in [6.07, 6.45) is 26.2. The monoisotopic (exact) mass is 1500 g/mol. The molecule has 0 aliphatic heterocycles. The van der Waals surface area contributed by atoms with E-state index in [-0.39, 0.29) is 0 Å². The van der Waals surface area contributed by atoms with Crippen molar-refractivity contribution in [1.82, 2.24) is 44.9 Å². The van der Waals surface area contributed by atoms with Crippen LogP contribution in [-0.2, 0) is 0 Å². The van der Waals surface area contributed by atoms with Crippen molar-refractivity contribution in [3.05, 3.63) is 408 Å². The lowest BCUT2D eigenvalue weighted by atomic mass is 9.85. The maximum atomic E-state index is 4.65. The molecule has 0 saturated heterocycles. The second-order valence-corrected chi connectivity index (χ2v) is 29.8. The highest BCUT2D eigenvalue weighted by atomic mass is 14.7. The molecule has 16 aromatic carbocycles. The van der Waals surface area contributed by atoms with E-state index in [1.165, 1.54) is 174 Å². The van der Waals surface area contributed by atoms with Crippen LogP contribution in [0.5, 0.6) is 0 Å². The van der Waals surface area contributed by atoms with Gasteiger partial charge in [0.15, 0.2) is 0 Å². The molecule has 9 heterocycles. The molecule has 118 heavy (non-hydrogen) atoms. The van der Waals surface area contributed by atoms with E-state index in [9.17, 15) is 0 Å². The Morgan fingerprint density at radius 1 is 0.136 bits per heavy atom. The van der Waals surface area contributed by atoms with Gasteiger partial charge in [-0.2, -0.15) is 0 Å². The van der Waals surface area contributed by atoms with Gasteiger partial charge in [-0.3, -0.25) is 44.9 Å². The molecule has 0 saturated carbocycles. The number of nitrogens with zero attached hydrogens (tertiary/aromatic N) is 9. The average molecular weight is 1500 g/mol. The van der Waals surface area contributed by atoms with Gasteiger partial charge in [0, 0.05) is 137 Å². The van der Waals surface area contributed by atoms with Crippen LogP contribution in [0.1, 0.15) is 0 Å². The van der Waals surface area contributed by atoms with Crippen LogP contribution in [0.3, 0.4) is 0 Å². The maximum absolute atomic E-state index is 4.65. The lowest BCUT2D eigenvalue weighted by Crippen LogP contribution is -1.93. The van der Waals surface area contributed by atoms with Crippen molar-refractivity contribution in [3.63, 3.8) is 0 Å². The summed E-state index contributed by atoms with van der Waals surface area (Å²) >= 11 is 0. The predicted octanol–water partition coefficient (Wildman–Crippen LogP) is 27.9. The predicted molar refractivity (Wildman–Crippen MR) is 490 cm³/mol. The Morgan fingerprint density at radius 3 is 0.551 bits per heavy atom. The normalized spacial score (nSPS) is 11.6. The fraction of sp³-hybridized carbons (Fsp3) is 0. The van der Waals surface area contributed by atoms with Crippen molar-refractivity contribution in [2.45, 2.75) is 0 Å². The van der Waals surface area contributed by atoms with Crippen LogP contribution in [0, 0.1) is 0 Å². The van der Waals surface area contributed by atoms with Crippen molar-refractivity contribution in [2.24, 2.45) is 0 Å². The third kappa shape index (κ3) is 11.9. The molecule has 9 aromatic heterocycles. The lowest BCUT2D eigenvalue weighted by molar-refractivity contribution is 1.33. The molecule has 0 bridgehead atoms. The number of aromatic nitrogens is 9. The van der Waals surface area contributed by atoms with E-state index < -0.39 is 0 Å². The zero-order chi connectivity index (χ0) is 78.0. The van der Waals surface area contributed by atoms with Gasteiger partial charge in [0.05, 0.1) is 22.8 Å². The van der Waals surface area contributed by atoms with Gasteiger partial charge in [-0.05, 0) is 242 Å². The van der Waals surface area contributed by atoms with Gasteiger partial charge in [0.25, 0.3) is 0 Å². The van der Waals surface area contributed by atoms with E-state index in [0.29, 0.717) is 0 Å². The molecule has 25 rings (SSSR count). The van der Waals surface area contributed by atoms with E-state index in [0.717, 1.165) is 56.2 Å². The minimum absolute atomic E-state index is 0.986. The molecule has 9 heteroatoms. The topological polar surface area (TPSA) is 116 Å². The Morgan fingerprint density at radius 2 is 0.331 bits per heavy atom. The van der Waals surface area contributed by atoms with Crippen molar-refractivity contribution < 1.29 is 0 Å². The Bertz CT molecular complexity index is 7050. The number of benzene rings is 16.